The van der Waals surface area contributed by atoms with Gasteiger partial charge >= 0.3 is 0 Å². The topological polar surface area (TPSA) is 93.4 Å². The summed E-state index contributed by atoms with van der Waals surface area (Å²) >= 11 is 0. The lowest BCUT2D eigenvalue weighted by atomic mass is 10.1. The minimum Gasteiger partial charge on any atom is -0.326 e. The van der Waals surface area contributed by atoms with Gasteiger partial charge in [0.15, 0.2) is 15.5 Å². The van der Waals surface area contributed by atoms with Crippen molar-refractivity contribution in [1.82, 2.24) is 14.6 Å². The van der Waals surface area contributed by atoms with Gasteiger partial charge < -0.3 is 5.32 Å². The highest BCUT2D eigenvalue weighted by Gasteiger charge is 2.11. The summed E-state index contributed by atoms with van der Waals surface area (Å²) in [6.45, 7) is 1.46. The van der Waals surface area contributed by atoms with Crippen LogP contribution in [0.2, 0.25) is 0 Å². The van der Waals surface area contributed by atoms with Crippen LogP contribution in [-0.4, -0.2) is 35.2 Å². The molecule has 0 fully saturated rings. The van der Waals surface area contributed by atoms with Gasteiger partial charge in [0.05, 0.1) is 22.5 Å². The maximum atomic E-state index is 11.7. The fourth-order valence-electron chi connectivity index (χ4n) is 3.02. The first-order chi connectivity index (χ1) is 13.8. The lowest BCUT2D eigenvalue weighted by Gasteiger charge is -2.07. The second kappa shape index (κ2) is 7.14. The first-order valence-corrected chi connectivity index (χ1v) is 10.7. The average molecular weight is 406 g/mol. The third kappa shape index (κ3) is 3.88. The zero-order valence-corrected chi connectivity index (χ0v) is 16.6. The molecule has 1 N–H and O–H groups in total. The third-order valence-electron chi connectivity index (χ3n) is 4.44. The van der Waals surface area contributed by atoms with Gasteiger partial charge in [-0.15, -0.1) is 0 Å². The number of rotatable bonds is 4. The van der Waals surface area contributed by atoms with Gasteiger partial charge in [-0.3, -0.25) is 4.79 Å². The molecular weight excluding hydrogens is 388 g/mol. The highest BCUT2D eigenvalue weighted by atomic mass is 32.2. The Morgan fingerprint density at radius 2 is 1.59 bits per heavy atom. The third-order valence-corrected chi connectivity index (χ3v) is 5.57. The molecule has 2 aromatic heterocycles. The largest absolute Gasteiger partial charge is 0.326 e. The van der Waals surface area contributed by atoms with Crippen LogP contribution in [0.5, 0.6) is 0 Å². The molecule has 29 heavy (non-hydrogen) atoms. The molecule has 0 aliphatic carbocycles. The molecule has 0 atom stereocenters. The number of aromatic nitrogens is 3. The van der Waals surface area contributed by atoms with Gasteiger partial charge in [0.25, 0.3) is 0 Å². The van der Waals surface area contributed by atoms with Crippen molar-refractivity contribution in [2.24, 2.45) is 0 Å². The predicted molar refractivity (Wildman–Crippen MR) is 111 cm³/mol. The SMILES string of the molecule is CC(=O)Nc1ccc(-c2cnc3ccc(-c4ccc(S(C)(=O)=O)cc4)nn23)cc1. The lowest BCUT2D eigenvalue weighted by molar-refractivity contribution is -0.114. The Morgan fingerprint density at radius 1 is 0.931 bits per heavy atom. The molecule has 0 bridgehead atoms. The molecule has 0 saturated heterocycles. The van der Waals surface area contributed by atoms with Crippen LogP contribution in [0.15, 0.2) is 71.8 Å². The van der Waals surface area contributed by atoms with Crippen molar-refractivity contribution in [2.75, 3.05) is 11.6 Å². The van der Waals surface area contributed by atoms with E-state index in [9.17, 15) is 13.2 Å². The fourth-order valence-corrected chi connectivity index (χ4v) is 3.66. The van der Waals surface area contributed by atoms with Crippen molar-refractivity contribution in [3.63, 3.8) is 0 Å². The van der Waals surface area contributed by atoms with Crippen molar-refractivity contribution in [2.45, 2.75) is 11.8 Å². The maximum Gasteiger partial charge on any atom is 0.221 e. The van der Waals surface area contributed by atoms with E-state index in [0.717, 1.165) is 22.5 Å². The first-order valence-electron chi connectivity index (χ1n) is 8.84. The maximum absolute atomic E-state index is 11.7. The zero-order chi connectivity index (χ0) is 20.6. The number of sulfone groups is 1. The van der Waals surface area contributed by atoms with E-state index < -0.39 is 9.84 Å². The van der Waals surface area contributed by atoms with Crippen LogP contribution in [0.1, 0.15) is 6.92 Å². The van der Waals surface area contributed by atoms with Crippen molar-refractivity contribution < 1.29 is 13.2 Å². The lowest BCUT2D eigenvalue weighted by Crippen LogP contribution is -2.05. The highest BCUT2D eigenvalue weighted by Crippen LogP contribution is 2.25. The summed E-state index contributed by atoms with van der Waals surface area (Å²) < 4.78 is 25.1. The molecule has 0 spiro atoms. The van der Waals surface area contributed by atoms with Crippen LogP contribution < -0.4 is 5.32 Å². The molecule has 8 heteroatoms. The van der Waals surface area contributed by atoms with E-state index in [1.165, 1.54) is 13.2 Å². The van der Waals surface area contributed by atoms with Crippen LogP contribution in [0, 0.1) is 0 Å². The number of fused-ring (bicyclic) bond motifs is 1. The number of benzene rings is 2. The van der Waals surface area contributed by atoms with E-state index in [1.54, 1.807) is 35.0 Å². The first kappa shape index (κ1) is 18.8. The standard InChI is InChI=1S/C21H18N4O3S/c1-14(26)23-17-7-3-16(4-8-17)20-13-22-21-12-11-19(24-25(20)21)15-5-9-18(10-6-15)29(2,27)28/h3-13H,1-2H3,(H,23,26). The number of nitrogens with zero attached hydrogens (tertiary/aromatic N) is 3. The van der Waals surface area contributed by atoms with E-state index in [2.05, 4.69) is 15.4 Å². The van der Waals surface area contributed by atoms with E-state index in [0.29, 0.717) is 11.3 Å². The van der Waals surface area contributed by atoms with E-state index in [-0.39, 0.29) is 10.8 Å². The Hall–Kier alpha value is -3.52. The number of carbonyl (C=O) groups excluding carboxylic acids is 1. The molecule has 2 heterocycles. The summed E-state index contributed by atoms with van der Waals surface area (Å²) in [5, 5.41) is 7.42. The van der Waals surface area contributed by atoms with Gasteiger partial charge in [-0.05, 0) is 36.4 Å². The summed E-state index contributed by atoms with van der Waals surface area (Å²) in [5.74, 6) is -0.124. The summed E-state index contributed by atoms with van der Waals surface area (Å²) in [6.07, 6.45) is 2.92. The predicted octanol–water partition coefficient (Wildman–Crippen LogP) is 3.43. The molecule has 1 amide bonds. The Bertz CT molecular complexity index is 1310. The smallest absolute Gasteiger partial charge is 0.221 e. The summed E-state index contributed by atoms with van der Waals surface area (Å²) in [7, 11) is -3.24. The molecule has 7 nitrogen and oxygen atoms in total. The number of hydrogen-bond acceptors (Lipinski definition) is 5. The summed E-state index contributed by atoms with van der Waals surface area (Å²) in [4.78, 5) is 15.8. The monoisotopic (exact) mass is 406 g/mol. The molecule has 146 valence electrons. The van der Waals surface area contributed by atoms with Crippen LogP contribution in [0.3, 0.4) is 0 Å². The molecule has 4 aromatic rings. The fraction of sp³-hybridized carbons (Fsp3) is 0.0952. The molecular formula is C21H18N4O3S. The van der Waals surface area contributed by atoms with E-state index in [4.69, 9.17) is 0 Å². The Balaban J connectivity index is 1.72. The highest BCUT2D eigenvalue weighted by molar-refractivity contribution is 7.90. The average Bonchev–Trinajstić information content (AvgIpc) is 3.11. The van der Waals surface area contributed by atoms with Crippen molar-refractivity contribution in [3.8, 4) is 22.5 Å². The number of carbonyl (C=O) groups is 1. The molecule has 0 saturated carbocycles. The van der Waals surface area contributed by atoms with Gasteiger partial charge in [0.2, 0.25) is 5.91 Å². The summed E-state index contributed by atoms with van der Waals surface area (Å²) in [6, 6.07) is 17.8. The van der Waals surface area contributed by atoms with Gasteiger partial charge in [-0.2, -0.15) is 5.10 Å². The number of hydrogen-bond donors (Lipinski definition) is 1. The van der Waals surface area contributed by atoms with Crippen molar-refractivity contribution >= 4 is 27.1 Å². The quantitative estimate of drug-likeness (QED) is 0.560. The van der Waals surface area contributed by atoms with Crippen LogP contribution in [0.4, 0.5) is 5.69 Å². The normalized spacial score (nSPS) is 11.5. The number of imidazole rings is 1. The number of nitrogens with one attached hydrogen (secondary N) is 1. The Kier molecular flexibility index (Phi) is 4.63. The van der Waals surface area contributed by atoms with Crippen LogP contribution in [0.25, 0.3) is 28.2 Å². The molecule has 0 unspecified atom stereocenters. The second-order valence-electron chi connectivity index (χ2n) is 6.69. The molecule has 0 radical (unpaired) electrons. The number of amides is 1. The second-order valence-corrected chi connectivity index (χ2v) is 8.70. The molecule has 4 rings (SSSR count). The van der Waals surface area contributed by atoms with Gasteiger partial charge in [-0.1, -0.05) is 24.3 Å². The van der Waals surface area contributed by atoms with Crippen molar-refractivity contribution in [1.29, 1.82) is 0 Å². The van der Waals surface area contributed by atoms with Gasteiger partial charge in [0, 0.05) is 30.0 Å². The molecule has 0 aliphatic rings. The minimum atomic E-state index is -3.24. The van der Waals surface area contributed by atoms with Crippen LogP contribution >= 0.6 is 0 Å². The Morgan fingerprint density at radius 3 is 2.21 bits per heavy atom. The van der Waals surface area contributed by atoms with Gasteiger partial charge in [0.1, 0.15) is 0 Å². The zero-order valence-electron chi connectivity index (χ0n) is 15.8. The van der Waals surface area contributed by atoms with E-state index in [1.807, 2.05) is 36.4 Å². The molecule has 2 aromatic carbocycles. The van der Waals surface area contributed by atoms with E-state index >= 15 is 0 Å². The van der Waals surface area contributed by atoms with Gasteiger partial charge in [-0.25, -0.2) is 17.9 Å². The number of anilines is 1. The van der Waals surface area contributed by atoms with Crippen LogP contribution in [-0.2, 0) is 14.6 Å². The van der Waals surface area contributed by atoms with Crippen molar-refractivity contribution in [3.05, 3.63) is 66.9 Å². The Labute approximate surface area is 168 Å². The molecule has 0 aliphatic heterocycles. The summed E-state index contributed by atoms with van der Waals surface area (Å²) in [5.41, 5.74) is 4.64. The minimum absolute atomic E-state index is 0.124.